The van der Waals surface area contributed by atoms with Crippen molar-refractivity contribution in [3.63, 3.8) is 0 Å². The number of rotatable bonds is 2. The van der Waals surface area contributed by atoms with Crippen LogP contribution < -0.4 is 11.1 Å². The molecule has 0 spiro atoms. The van der Waals surface area contributed by atoms with E-state index < -0.39 is 5.82 Å². The van der Waals surface area contributed by atoms with E-state index in [1.807, 2.05) is 6.07 Å². The molecule has 2 aromatic rings. The molecule has 20 heavy (non-hydrogen) atoms. The van der Waals surface area contributed by atoms with E-state index in [-0.39, 0.29) is 17.3 Å². The molecular weight excluding hydrogens is 275 g/mol. The average molecular weight is 290 g/mol. The lowest BCUT2D eigenvalue weighted by Crippen LogP contribution is -2.13. The summed E-state index contributed by atoms with van der Waals surface area (Å²) in [5.74, 6) is -0.805. The molecular formula is C15H15FN2OS. The zero-order chi connectivity index (χ0) is 14.1. The number of hydrogen-bond acceptors (Lipinski definition) is 3. The molecule has 104 valence electrons. The monoisotopic (exact) mass is 290 g/mol. The zero-order valence-electron chi connectivity index (χ0n) is 10.9. The fourth-order valence-corrected chi connectivity index (χ4v) is 3.60. The summed E-state index contributed by atoms with van der Waals surface area (Å²) in [6.45, 7) is 0. The minimum absolute atomic E-state index is 0.0591. The van der Waals surface area contributed by atoms with Gasteiger partial charge in [-0.05, 0) is 49.4 Å². The molecule has 0 aliphatic heterocycles. The Morgan fingerprint density at radius 1 is 1.30 bits per heavy atom. The summed E-state index contributed by atoms with van der Waals surface area (Å²) in [6, 6.07) is 6.29. The summed E-state index contributed by atoms with van der Waals surface area (Å²) in [4.78, 5) is 14.1. The largest absolute Gasteiger partial charge is 0.397 e. The predicted molar refractivity (Wildman–Crippen MR) is 79.7 cm³/mol. The van der Waals surface area contributed by atoms with E-state index >= 15 is 0 Å². The first kappa shape index (κ1) is 13.1. The van der Waals surface area contributed by atoms with Crippen molar-refractivity contribution in [2.45, 2.75) is 25.7 Å². The number of nitrogen functional groups attached to an aromatic ring is 1. The van der Waals surface area contributed by atoms with E-state index in [0.717, 1.165) is 12.8 Å². The van der Waals surface area contributed by atoms with Crippen LogP contribution >= 0.6 is 11.3 Å². The minimum atomic E-state index is -0.514. The molecule has 0 atom stereocenters. The Morgan fingerprint density at radius 3 is 2.85 bits per heavy atom. The lowest BCUT2D eigenvalue weighted by molar-refractivity contribution is 0.103. The van der Waals surface area contributed by atoms with Crippen molar-refractivity contribution in [2.24, 2.45) is 0 Å². The van der Waals surface area contributed by atoms with Gasteiger partial charge < -0.3 is 11.1 Å². The van der Waals surface area contributed by atoms with Crippen molar-refractivity contribution in [1.29, 1.82) is 0 Å². The number of halogens is 1. The second-order valence-electron chi connectivity index (χ2n) is 4.92. The average Bonchev–Trinajstić information content (AvgIpc) is 2.87. The number of carbonyl (C=O) groups is 1. The van der Waals surface area contributed by atoms with Gasteiger partial charge in [-0.3, -0.25) is 4.79 Å². The van der Waals surface area contributed by atoms with Gasteiger partial charge in [0.05, 0.1) is 10.6 Å². The quantitative estimate of drug-likeness (QED) is 0.830. The maximum Gasteiger partial charge on any atom is 0.265 e. The van der Waals surface area contributed by atoms with E-state index in [4.69, 9.17) is 5.73 Å². The number of fused-ring (bicyclic) bond motifs is 1. The van der Waals surface area contributed by atoms with E-state index in [1.54, 1.807) is 6.07 Å². The first-order chi connectivity index (χ1) is 9.65. The Morgan fingerprint density at radius 2 is 2.10 bits per heavy atom. The Balaban J connectivity index is 1.84. The first-order valence-corrected chi connectivity index (χ1v) is 7.44. The fraction of sp³-hybridized carbons (Fsp3) is 0.267. The van der Waals surface area contributed by atoms with Crippen molar-refractivity contribution in [1.82, 2.24) is 0 Å². The molecule has 3 N–H and O–H groups in total. The van der Waals surface area contributed by atoms with E-state index in [2.05, 4.69) is 5.32 Å². The number of nitrogens with one attached hydrogen (secondary N) is 1. The standard InChI is InChI=1S/C15H15FN2OS/c16-10-5-3-6-11(17)14(10)18-15(19)13-8-9-4-1-2-7-12(9)20-13/h3,5-6,8H,1-2,4,7,17H2,(H,18,19). The Labute approximate surface area is 120 Å². The highest BCUT2D eigenvalue weighted by Crippen LogP contribution is 2.31. The van der Waals surface area contributed by atoms with E-state index in [0.29, 0.717) is 4.88 Å². The summed E-state index contributed by atoms with van der Waals surface area (Å²) >= 11 is 1.50. The number of thiophene rings is 1. The van der Waals surface area contributed by atoms with Gasteiger partial charge in [-0.25, -0.2) is 4.39 Å². The summed E-state index contributed by atoms with van der Waals surface area (Å²) in [6.07, 6.45) is 4.41. The Hall–Kier alpha value is -1.88. The lowest BCUT2D eigenvalue weighted by atomic mass is 9.99. The van der Waals surface area contributed by atoms with Crippen LogP contribution in [0.25, 0.3) is 0 Å². The highest BCUT2D eigenvalue weighted by molar-refractivity contribution is 7.14. The van der Waals surface area contributed by atoms with Gasteiger partial charge in [0.2, 0.25) is 0 Å². The van der Waals surface area contributed by atoms with Gasteiger partial charge in [-0.15, -0.1) is 11.3 Å². The summed E-state index contributed by atoms with van der Waals surface area (Å²) in [7, 11) is 0. The second-order valence-corrected chi connectivity index (χ2v) is 6.06. The van der Waals surface area contributed by atoms with Crippen LogP contribution in [0.5, 0.6) is 0 Å². The van der Waals surface area contributed by atoms with Gasteiger partial charge in [-0.1, -0.05) is 6.07 Å². The fourth-order valence-electron chi connectivity index (χ4n) is 2.45. The summed E-state index contributed by atoms with van der Waals surface area (Å²) in [5.41, 5.74) is 7.25. The normalized spacial score (nSPS) is 13.8. The molecule has 5 heteroatoms. The third-order valence-corrected chi connectivity index (χ3v) is 4.74. The van der Waals surface area contributed by atoms with Crippen LogP contribution in [0.2, 0.25) is 0 Å². The van der Waals surface area contributed by atoms with Crippen LogP contribution in [0.1, 0.15) is 33.0 Å². The molecule has 1 aromatic carbocycles. The number of aryl methyl sites for hydroxylation is 2. The molecule has 3 rings (SSSR count). The highest BCUT2D eigenvalue weighted by Gasteiger charge is 2.18. The van der Waals surface area contributed by atoms with Gasteiger partial charge in [0.25, 0.3) is 5.91 Å². The lowest BCUT2D eigenvalue weighted by Gasteiger charge is -2.08. The van der Waals surface area contributed by atoms with Crippen LogP contribution in [-0.2, 0) is 12.8 Å². The molecule has 0 saturated heterocycles. The number of anilines is 2. The van der Waals surface area contributed by atoms with Crippen molar-refractivity contribution in [2.75, 3.05) is 11.1 Å². The van der Waals surface area contributed by atoms with Crippen LogP contribution in [0, 0.1) is 5.82 Å². The molecule has 1 amide bonds. The number of carbonyl (C=O) groups excluding carboxylic acids is 1. The Bertz CT molecular complexity index is 622. The first-order valence-electron chi connectivity index (χ1n) is 6.62. The highest BCUT2D eigenvalue weighted by atomic mass is 32.1. The molecule has 0 unspecified atom stereocenters. The zero-order valence-corrected chi connectivity index (χ0v) is 11.7. The van der Waals surface area contributed by atoms with Crippen LogP contribution in [0.15, 0.2) is 24.3 Å². The maximum atomic E-state index is 13.7. The van der Waals surface area contributed by atoms with Crippen molar-refractivity contribution in [3.05, 3.63) is 45.4 Å². The topological polar surface area (TPSA) is 55.1 Å². The van der Waals surface area contributed by atoms with E-state index in [1.165, 1.54) is 46.8 Å². The predicted octanol–water partition coefficient (Wildman–Crippen LogP) is 3.60. The number of para-hydroxylation sites is 1. The third-order valence-electron chi connectivity index (χ3n) is 3.50. The molecule has 1 heterocycles. The summed E-state index contributed by atoms with van der Waals surface area (Å²) in [5, 5.41) is 2.58. The number of benzene rings is 1. The van der Waals surface area contributed by atoms with Crippen LogP contribution in [-0.4, -0.2) is 5.91 Å². The third kappa shape index (κ3) is 2.41. The van der Waals surface area contributed by atoms with Crippen LogP contribution in [0.3, 0.4) is 0 Å². The number of hydrogen-bond donors (Lipinski definition) is 2. The smallest absolute Gasteiger partial charge is 0.265 e. The van der Waals surface area contributed by atoms with E-state index in [9.17, 15) is 9.18 Å². The van der Waals surface area contributed by atoms with Crippen molar-refractivity contribution in [3.8, 4) is 0 Å². The molecule has 1 aliphatic rings. The molecule has 1 aliphatic carbocycles. The molecule has 0 fully saturated rings. The molecule has 1 aromatic heterocycles. The van der Waals surface area contributed by atoms with Gasteiger partial charge >= 0.3 is 0 Å². The molecule has 0 bridgehead atoms. The van der Waals surface area contributed by atoms with Gasteiger partial charge in [0.15, 0.2) is 0 Å². The van der Waals surface area contributed by atoms with Crippen molar-refractivity contribution < 1.29 is 9.18 Å². The number of amides is 1. The van der Waals surface area contributed by atoms with Gasteiger partial charge in [0.1, 0.15) is 11.5 Å². The minimum Gasteiger partial charge on any atom is -0.397 e. The number of nitrogens with two attached hydrogens (primary N) is 1. The SMILES string of the molecule is Nc1cccc(F)c1NC(=O)c1cc2c(s1)CCCC2. The molecule has 3 nitrogen and oxygen atoms in total. The molecule has 0 saturated carbocycles. The Kier molecular flexibility index (Phi) is 3.44. The molecule has 0 radical (unpaired) electrons. The van der Waals surface area contributed by atoms with Crippen molar-refractivity contribution >= 4 is 28.6 Å². The second kappa shape index (κ2) is 5.25. The van der Waals surface area contributed by atoms with Gasteiger partial charge in [0, 0.05) is 4.88 Å². The van der Waals surface area contributed by atoms with Crippen LogP contribution in [0.4, 0.5) is 15.8 Å². The maximum absolute atomic E-state index is 13.7. The summed E-state index contributed by atoms with van der Waals surface area (Å²) < 4.78 is 13.7. The van der Waals surface area contributed by atoms with Gasteiger partial charge in [-0.2, -0.15) is 0 Å².